The van der Waals surface area contributed by atoms with Crippen molar-refractivity contribution in [3.8, 4) is 0 Å². The van der Waals surface area contributed by atoms with Gasteiger partial charge < -0.3 is 10.6 Å². The van der Waals surface area contributed by atoms with Gasteiger partial charge in [0, 0.05) is 31.1 Å². The van der Waals surface area contributed by atoms with Crippen LogP contribution in [0.4, 0.5) is 0 Å². The van der Waals surface area contributed by atoms with E-state index >= 15 is 0 Å². The average Bonchev–Trinajstić information content (AvgIpc) is 2.34. The SMILES string of the molecule is CCC(N)(CC)CN1CC(c2ccccc2)C1. The molecule has 0 unspecified atom stereocenters. The highest BCUT2D eigenvalue weighted by Gasteiger charge is 2.32. The molecule has 1 fully saturated rings. The summed E-state index contributed by atoms with van der Waals surface area (Å²) >= 11 is 0. The predicted octanol–water partition coefficient (Wildman–Crippen LogP) is 2.60. The summed E-state index contributed by atoms with van der Waals surface area (Å²) in [4.78, 5) is 2.49. The standard InChI is InChI=1S/C15H24N2/c1-3-15(16,4-2)12-17-10-14(11-17)13-8-6-5-7-9-13/h5-9,14H,3-4,10-12,16H2,1-2H3. The summed E-state index contributed by atoms with van der Waals surface area (Å²) in [5, 5.41) is 0. The first-order chi connectivity index (χ1) is 8.17. The molecule has 0 radical (unpaired) electrons. The number of nitrogens with two attached hydrogens (primary N) is 1. The summed E-state index contributed by atoms with van der Waals surface area (Å²) < 4.78 is 0. The van der Waals surface area contributed by atoms with Crippen LogP contribution in [0.2, 0.25) is 0 Å². The van der Waals surface area contributed by atoms with Crippen LogP contribution in [0.25, 0.3) is 0 Å². The van der Waals surface area contributed by atoms with Gasteiger partial charge in [-0.3, -0.25) is 0 Å². The van der Waals surface area contributed by atoms with Gasteiger partial charge in [0.05, 0.1) is 0 Å². The topological polar surface area (TPSA) is 29.3 Å². The largest absolute Gasteiger partial charge is 0.324 e. The van der Waals surface area contributed by atoms with E-state index in [-0.39, 0.29) is 5.54 Å². The molecule has 94 valence electrons. The summed E-state index contributed by atoms with van der Waals surface area (Å²) in [7, 11) is 0. The molecule has 2 rings (SSSR count). The Morgan fingerprint density at radius 2 is 1.76 bits per heavy atom. The highest BCUT2D eigenvalue weighted by atomic mass is 15.2. The van der Waals surface area contributed by atoms with Crippen LogP contribution >= 0.6 is 0 Å². The zero-order valence-corrected chi connectivity index (χ0v) is 11.0. The van der Waals surface area contributed by atoms with Gasteiger partial charge in [-0.1, -0.05) is 44.2 Å². The number of nitrogens with zero attached hydrogens (tertiary/aromatic N) is 1. The molecule has 2 nitrogen and oxygen atoms in total. The van der Waals surface area contributed by atoms with Gasteiger partial charge in [0.2, 0.25) is 0 Å². The number of benzene rings is 1. The van der Waals surface area contributed by atoms with Crippen LogP contribution in [0.1, 0.15) is 38.2 Å². The number of hydrogen-bond donors (Lipinski definition) is 1. The second kappa shape index (κ2) is 5.19. The molecule has 1 aromatic rings. The molecule has 1 heterocycles. The first kappa shape index (κ1) is 12.6. The second-order valence-corrected chi connectivity index (χ2v) is 5.37. The molecule has 1 saturated heterocycles. The third-order valence-electron chi connectivity index (χ3n) is 4.17. The van der Waals surface area contributed by atoms with Crippen molar-refractivity contribution in [1.82, 2.24) is 4.90 Å². The van der Waals surface area contributed by atoms with Crippen LogP contribution in [-0.2, 0) is 0 Å². The van der Waals surface area contributed by atoms with Gasteiger partial charge in [0.25, 0.3) is 0 Å². The first-order valence-electron chi connectivity index (χ1n) is 6.73. The van der Waals surface area contributed by atoms with E-state index in [0.29, 0.717) is 5.92 Å². The van der Waals surface area contributed by atoms with Crippen LogP contribution in [0, 0.1) is 0 Å². The van der Waals surface area contributed by atoms with E-state index in [9.17, 15) is 0 Å². The minimum absolute atomic E-state index is 0.0155. The lowest BCUT2D eigenvalue weighted by Crippen LogP contribution is -2.56. The summed E-state index contributed by atoms with van der Waals surface area (Å²) in [6.07, 6.45) is 2.13. The Morgan fingerprint density at radius 3 is 2.29 bits per heavy atom. The number of hydrogen-bond acceptors (Lipinski definition) is 2. The lowest BCUT2D eigenvalue weighted by atomic mass is 9.87. The Labute approximate surface area is 105 Å². The van der Waals surface area contributed by atoms with Crippen molar-refractivity contribution in [1.29, 1.82) is 0 Å². The van der Waals surface area contributed by atoms with Crippen LogP contribution in [0.3, 0.4) is 0 Å². The molecule has 0 aliphatic carbocycles. The van der Waals surface area contributed by atoms with E-state index in [1.54, 1.807) is 0 Å². The quantitative estimate of drug-likeness (QED) is 0.845. The van der Waals surface area contributed by atoms with Gasteiger partial charge >= 0.3 is 0 Å². The fraction of sp³-hybridized carbons (Fsp3) is 0.600. The van der Waals surface area contributed by atoms with Gasteiger partial charge in [0.1, 0.15) is 0 Å². The Morgan fingerprint density at radius 1 is 1.18 bits per heavy atom. The van der Waals surface area contributed by atoms with Crippen LogP contribution in [-0.4, -0.2) is 30.1 Å². The minimum atomic E-state index is 0.0155. The van der Waals surface area contributed by atoms with Gasteiger partial charge in [-0.2, -0.15) is 0 Å². The lowest BCUT2D eigenvalue weighted by Gasteiger charge is -2.44. The molecule has 0 amide bonds. The fourth-order valence-corrected chi connectivity index (χ4v) is 2.55. The maximum atomic E-state index is 6.35. The lowest BCUT2D eigenvalue weighted by molar-refractivity contribution is 0.108. The Kier molecular flexibility index (Phi) is 3.85. The minimum Gasteiger partial charge on any atom is -0.324 e. The third kappa shape index (κ3) is 2.88. The Balaban J connectivity index is 1.83. The van der Waals surface area contributed by atoms with Crippen molar-refractivity contribution in [2.45, 2.75) is 38.1 Å². The maximum absolute atomic E-state index is 6.35. The molecular formula is C15H24N2. The molecule has 0 bridgehead atoms. The van der Waals surface area contributed by atoms with Crippen LogP contribution in [0.15, 0.2) is 30.3 Å². The van der Waals surface area contributed by atoms with Crippen molar-refractivity contribution >= 4 is 0 Å². The van der Waals surface area contributed by atoms with Gasteiger partial charge in [0.15, 0.2) is 0 Å². The number of rotatable bonds is 5. The summed E-state index contributed by atoms with van der Waals surface area (Å²) in [5.74, 6) is 0.717. The summed E-state index contributed by atoms with van der Waals surface area (Å²) in [6.45, 7) is 7.77. The smallest absolute Gasteiger partial charge is 0.0278 e. The van der Waals surface area contributed by atoms with E-state index < -0.39 is 0 Å². The molecule has 0 saturated carbocycles. The summed E-state index contributed by atoms with van der Waals surface area (Å²) in [6, 6.07) is 10.8. The van der Waals surface area contributed by atoms with Crippen molar-refractivity contribution < 1.29 is 0 Å². The molecule has 2 N–H and O–H groups in total. The van der Waals surface area contributed by atoms with E-state index in [0.717, 1.165) is 19.4 Å². The zero-order chi connectivity index (χ0) is 12.3. The van der Waals surface area contributed by atoms with Crippen LogP contribution in [0.5, 0.6) is 0 Å². The monoisotopic (exact) mass is 232 g/mol. The molecule has 17 heavy (non-hydrogen) atoms. The molecule has 2 heteroatoms. The molecule has 0 atom stereocenters. The molecule has 1 aliphatic rings. The molecule has 0 spiro atoms. The highest BCUT2D eigenvalue weighted by Crippen LogP contribution is 2.28. The fourth-order valence-electron chi connectivity index (χ4n) is 2.55. The van der Waals surface area contributed by atoms with Crippen molar-refractivity contribution in [3.05, 3.63) is 35.9 Å². The van der Waals surface area contributed by atoms with E-state index in [4.69, 9.17) is 5.73 Å². The van der Waals surface area contributed by atoms with Gasteiger partial charge in [-0.05, 0) is 18.4 Å². The Hall–Kier alpha value is -0.860. The third-order valence-corrected chi connectivity index (χ3v) is 4.17. The maximum Gasteiger partial charge on any atom is 0.0278 e. The molecule has 0 aromatic heterocycles. The van der Waals surface area contributed by atoms with E-state index in [2.05, 4.69) is 49.1 Å². The second-order valence-electron chi connectivity index (χ2n) is 5.37. The van der Waals surface area contributed by atoms with Crippen molar-refractivity contribution in [3.63, 3.8) is 0 Å². The van der Waals surface area contributed by atoms with E-state index in [1.165, 1.54) is 18.7 Å². The molecule has 1 aromatic carbocycles. The summed E-state index contributed by atoms with van der Waals surface area (Å²) in [5.41, 5.74) is 7.84. The van der Waals surface area contributed by atoms with Crippen molar-refractivity contribution in [2.75, 3.05) is 19.6 Å². The Bertz CT molecular complexity index is 337. The van der Waals surface area contributed by atoms with Gasteiger partial charge in [-0.15, -0.1) is 0 Å². The van der Waals surface area contributed by atoms with Crippen molar-refractivity contribution in [2.24, 2.45) is 5.73 Å². The first-order valence-corrected chi connectivity index (χ1v) is 6.73. The van der Waals surface area contributed by atoms with E-state index in [1.807, 2.05) is 0 Å². The zero-order valence-electron chi connectivity index (χ0n) is 11.0. The normalized spacial score (nSPS) is 18.1. The van der Waals surface area contributed by atoms with Gasteiger partial charge in [-0.25, -0.2) is 0 Å². The highest BCUT2D eigenvalue weighted by molar-refractivity contribution is 5.22. The average molecular weight is 232 g/mol. The van der Waals surface area contributed by atoms with Crippen LogP contribution < -0.4 is 5.73 Å². The molecule has 1 aliphatic heterocycles. The predicted molar refractivity (Wildman–Crippen MR) is 73.1 cm³/mol. The number of likely N-dealkylation sites (tertiary alicyclic amines) is 1. The molecular weight excluding hydrogens is 208 g/mol.